The third kappa shape index (κ3) is 4.98. The minimum absolute atomic E-state index is 0.592. The van der Waals surface area contributed by atoms with Crippen molar-refractivity contribution in [1.29, 1.82) is 0 Å². The highest BCUT2D eigenvalue weighted by Crippen LogP contribution is 2.43. The van der Waals surface area contributed by atoms with E-state index in [0.717, 1.165) is 55.3 Å². The summed E-state index contributed by atoms with van der Waals surface area (Å²) in [6, 6.07) is 63.6. The second-order valence-corrected chi connectivity index (χ2v) is 15.4. The van der Waals surface area contributed by atoms with E-state index in [0.29, 0.717) is 17.5 Å². The molecule has 0 aliphatic rings. The topological polar surface area (TPSA) is 56.7 Å². The number of fused-ring (bicyclic) bond motifs is 9. The molecule has 0 bridgehead atoms. The van der Waals surface area contributed by atoms with Crippen LogP contribution in [0.3, 0.4) is 0 Å². The van der Waals surface area contributed by atoms with Crippen molar-refractivity contribution >= 4 is 75.3 Å². The maximum Gasteiger partial charge on any atom is 0.164 e. The van der Waals surface area contributed by atoms with Gasteiger partial charge in [-0.15, -0.1) is 11.3 Å². The van der Waals surface area contributed by atoms with Crippen molar-refractivity contribution in [2.75, 3.05) is 0 Å². The number of aromatic nitrogens is 4. The van der Waals surface area contributed by atoms with E-state index in [-0.39, 0.29) is 0 Å². The molecule has 0 amide bonds. The SMILES string of the molecule is c1ccc(-c2nc(-c3ccc4sc5cccc(-c6ccccc6)c5c4c3)nc(-c3cccc4oc5c(-n6c7ccccc7c7ccccc76)cccc5c34)n2)cc1. The molecule has 0 saturated carbocycles. The molecule has 0 atom stereocenters. The first-order valence-corrected chi connectivity index (χ1v) is 19.8. The molecule has 57 heavy (non-hydrogen) atoms. The summed E-state index contributed by atoms with van der Waals surface area (Å²) in [6.45, 7) is 0. The summed E-state index contributed by atoms with van der Waals surface area (Å²) in [5, 5.41) is 6.82. The molecule has 12 aromatic rings. The summed E-state index contributed by atoms with van der Waals surface area (Å²) in [4.78, 5) is 15.6. The van der Waals surface area contributed by atoms with Crippen LogP contribution in [0, 0.1) is 0 Å². The van der Waals surface area contributed by atoms with Crippen molar-refractivity contribution < 1.29 is 4.42 Å². The molecule has 5 nitrogen and oxygen atoms in total. The molecular weight excluding hydrogens is 717 g/mol. The van der Waals surface area contributed by atoms with Crippen LogP contribution in [0.15, 0.2) is 186 Å². The molecule has 0 spiro atoms. The number of para-hydroxylation sites is 3. The van der Waals surface area contributed by atoms with Gasteiger partial charge in [-0.2, -0.15) is 0 Å². The summed E-state index contributed by atoms with van der Waals surface area (Å²) in [6.07, 6.45) is 0. The molecule has 0 fully saturated rings. The van der Waals surface area contributed by atoms with Gasteiger partial charge in [0.2, 0.25) is 0 Å². The molecule has 0 aliphatic carbocycles. The molecule has 266 valence electrons. The molecule has 0 aliphatic heterocycles. The van der Waals surface area contributed by atoms with Crippen molar-refractivity contribution in [2.24, 2.45) is 0 Å². The average Bonchev–Trinajstić information content (AvgIpc) is 3.96. The standard InChI is InChI=1S/C51H30N4OS/c1-3-14-31(15-4-1)34-20-13-27-45-47(34)39-30-33(28-29-44(39)57-45)50-52-49(32-16-5-2-6-17-32)53-51(54-50)38-22-12-26-43-46(38)37-21-11-25-42(48(37)56-43)55-40-23-9-7-18-35(40)36-19-8-10-24-41(36)55/h1-30H. The molecule has 0 radical (unpaired) electrons. The van der Waals surface area contributed by atoms with Crippen molar-refractivity contribution in [2.45, 2.75) is 0 Å². The van der Waals surface area contributed by atoms with Crippen LogP contribution < -0.4 is 0 Å². The lowest BCUT2D eigenvalue weighted by Crippen LogP contribution is -2.00. The van der Waals surface area contributed by atoms with Gasteiger partial charge in [0.15, 0.2) is 23.1 Å². The van der Waals surface area contributed by atoms with Gasteiger partial charge in [0.1, 0.15) is 5.58 Å². The lowest BCUT2D eigenvalue weighted by atomic mass is 9.99. The molecule has 4 heterocycles. The van der Waals surface area contributed by atoms with E-state index in [1.807, 2.05) is 41.7 Å². The van der Waals surface area contributed by atoms with Gasteiger partial charge in [0.25, 0.3) is 0 Å². The van der Waals surface area contributed by atoms with Gasteiger partial charge in [-0.3, -0.25) is 0 Å². The van der Waals surface area contributed by atoms with E-state index in [1.165, 1.54) is 42.1 Å². The van der Waals surface area contributed by atoms with Crippen LogP contribution in [0.2, 0.25) is 0 Å². The Kier molecular flexibility index (Phi) is 7.03. The number of hydrogen-bond donors (Lipinski definition) is 0. The second-order valence-electron chi connectivity index (χ2n) is 14.3. The van der Waals surface area contributed by atoms with E-state index in [9.17, 15) is 0 Å². The van der Waals surface area contributed by atoms with E-state index in [4.69, 9.17) is 19.4 Å². The fourth-order valence-corrected chi connectivity index (χ4v) is 9.66. The van der Waals surface area contributed by atoms with Gasteiger partial charge in [-0.05, 0) is 59.7 Å². The number of furan rings is 1. The highest BCUT2D eigenvalue weighted by Gasteiger charge is 2.22. The third-order valence-corrected chi connectivity index (χ3v) is 12.2. The Balaban J connectivity index is 1.09. The monoisotopic (exact) mass is 746 g/mol. The number of benzene rings is 8. The summed E-state index contributed by atoms with van der Waals surface area (Å²) in [5.74, 6) is 1.83. The maximum absolute atomic E-state index is 6.83. The first-order chi connectivity index (χ1) is 28.3. The van der Waals surface area contributed by atoms with Crippen molar-refractivity contribution in [3.8, 4) is 51.0 Å². The van der Waals surface area contributed by atoms with E-state index < -0.39 is 0 Å². The van der Waals surface area contributed by atoms with Crippen LogP contribution in [0.5, 0.6) is 0 Å². The van der Waals surface area contributed by atoms with Gasteiger partial charge in [0.05, 0.1) is 16.7 Å². The average molecular weight is 747 g/mol. The molecule has 0 saturated heterocycles. The molecule has 6 heteroatoms. The number of hydrogen-bond acceptors (Lipinski definition) is 5. The van der Waals surface area contributed by atoms with Crippen LogP contribution in [0.25, 0.3) is 115 Å². The minimum Gasteiger partial charge on any atom is -0.454 e. The van der Waals surface area contributed by atoms with Crippen LogP contribution in [0.1, 0.15) is 0 Å². The normalized spacial score (nSPS) is 11.9. The zero-order chi connectivity index (χ0) is 37.5. The van der Waals surface area contributed by atoms with Crippen LogP contribution >= 0.6 is 11.3 Å². The van der Waals surface area contributed by atoms with Crippen molar-refractivity contribution in [3.63, 3.8) is 0 Å². The van der Waals surface area contributed by atoms with Gasteiger partial charge < -0.3 is 8.98 Å². The highest BCUT2D eigenvalue weighted by molar-refractivity contribution is 7.26. The molecule has 0 N–H and O–H groups in total. The minimum atomic E-state index is 0.592. The van der Waals surface area contributed by atoms with Gasteiger partial charge >= 0.3 is 0 Å². The molecule has 0 unspecified atom stereocenters. The number of nitrogens with zero attached hydrogens (tertiary/aromatic N) is 4. The molecule has 12 rings (SSSR count). The lowest BCUT2D eigenvalue weighted by molar-refractivity contribution is 0.666. The molecule has 8 aromatic carbocycles. The Morgan fingerprint density at radius 3 is 1.79 bits per heavy atom. The Hall–Kier alpha value is -7.41. The van der Waals surface area contributed by atoms with Gasteiger partial charge in [0, 0.05) is 58.4 Å². The fraction of sp³-hybridized carbons (Fsp3) is 0. The Bertz CT molecular complexity index is 3470. The zero-order valence-electron chi connectivity index (χ0n) is 30.4. The third-order valence-electron chi connectivity index (χ3n) is 11.1. The summed E-state index contributed by atoms with van der Waals surface area (Å²) >= 11 is 1.81. The van der Waals surface area contributed by atoms with E-state index in [1.54, 1.807) is 0 Å². The largest absolute Gasteiger partial charge is 0.454 e. The zero-order valence-corrected chi connectivity index (χ0v) is 31.2. The smallest absolute Gasteiger partial charge is 0.164 e. The first-order valence-electron chi connectivity index (χ1n) is 19.0. The van der Waals surface area contributed by atoms with Crippen molar-refractivity contribution in [1.82, 2.24) is 19.5 Å². The first kappa shape index (κ1) is 31.9. The van der Waals surface area contributed by atoms with Gasteiger partial charge in [-0.25, -0.2) is 15.0 Å². The fourth-order valence-electron chi connectivity index (χ4n) is 8.54. The molecular formula is C51H30N4OS. The second kappa shape index (κ2) is 12.6. The maximum atomic E-state index is 6.83. The summed E-state index contributed by atoms with van der Waals surface area (Å²) < 4.78 is 11.6. The van der Waals surface area contributed by atoms with Crippen LogP contribution in [0.4, 0.5) is 0 Å². The summed E-state index contributed by atoms with van der Waals surface area (Å²) in [5.41, 5.74) is 10.0. The quantitative estimate of drug-likeness (QED) is 0.176. The van der Waals surface area contributed by atoms with Crippen LogP contribution in [-0.4, -0.2) is 19.5 Å². The Morgan fingerprint density at radius 2 is 1.02 bits per heavy atom. The van der Waals surface area contributed by atoms with E-state index >= 15 is 0 Å². The predicted molar refractivity (Wildman–Crippen MR) is 236 cm³/mol. The Morgan fingerprint density at radius 1 is 0.404 bits per heavy atom. The van der Waals surface area contributed by atoms with Crippen LogP contribution in [-0.2, 0) is 0 Å². The van der Waals surface area contributed by atoms with Gasteiger partial charge in [-0.1, -0.05) is 133 Å². The summed E-state index contributed by atoms with van der Waals surface area (Å²) in [7, 11) is 0. The number of rotatable bonds is 5. The van der Waals surface area contributed by atoms with E-state index in [2.05, 4.69) is 156 Å². The molecule has 4 aromatic heterocycles. The number of thiophene rings is 1. The Labute approximate surface area is 330 Å². The lowest BCUT2D eigenvalue weighted by Gasteiger charge is -2.10. The highest BCUT2D eigenvalue weighted by atomic mass is 32.1. The predicted octanol–water partition coefficient (Wildman–Crippen LogP) is 13.9. The van der Waals surface area contributed by atoms with Crippen molar-refractivity contribution in [3.05, 3.63) is 182 Å².